The highest BCUT2D eigenvalue weighted by Gasteiger charge is 2.43. The van der Waals surface area contributed by atoms with Crippen molar-refractivity contribution in [2.24, 2.45) is 5.92 Å². The number of benzene rings is 1. The van der Waals surface area contributed by atoms with Crippen LogP contribution in [0.4, 0.5) is 14.6 Å². The lowest BCUT2D eigenvalue weighted by molar-refractivity contribution is -0.138. The van der Waals surface area contributed by atoms with Gasteiger partial charge in [-0.1, -0.05) is 6.07 Å². The lowest BCUT2D eigenvalue weighted by Crippen LogP contribution is -2.50. The Morgan fingerprint density at radius 1 is 1.22 bits per heavy atom. The fourth-order valence-corrected chi connectivity index (χ4v) is 3.80. The Morgan fingerprint density at radius 2 is 1.97 bits per heavy atom. The third-order valence-electron chi connectivity index (χ3n) is 5.82. The molecule has 2 heterocycles. The highest BCUT2D eigenvalue weighted by molar-refractivity contribution is 5.94. The largest absolute Gasteiger partial charge is 0.487 e. The molecule has 1 aliphatic heterocycles. The Morgan fingerprint density at radius 3 is 2.62 bits per heavy atom. The molecule has 1 aromatic carbocycles. The molecule has 2 aliphatic rings. The number of hydrogen-bond donors (Lipinski definition) is 2. The number of hydrogen-bond acceptors (Lipinski definition) is 5. The van der Waals surface area contributed by atoms with Crippen LogP contribution >= 0.6 is 0 Å². The average molecular weight is 445 g/mol. The number of anilines is 1. The molecule has 4 atom stereocenters. The molecule has 0 spiro atoms. The van der Waals surface area contributed by atoms with Crippen molar-refractivity contribution in [3.8, 4) is 16.9 Å². The number of nitrogens with one attached hydrogen (secondary N) is 1. The van der Waals surface area contributed by atoms with E-state index in [0.717, 1.165) is 16.7 Å². The second-order valence-electron chi connectivity index (χ2n) is 8.22. The molecule has 1 saturated heterocycles. The number of aromatic nitrogens is 1. The van der Waals surface area contributed by atoms with Crippen LogP contribution in [0, 0.1) is 12.8 Å². The van der Waals surface area contributed by atoms with Crippen LogP contribution in [-0.2, 0) is 9.59 Å². The van der Waals surface area contributed by atoms with Crippen LogP contribution in [0.25, 0.3) is 11.1 Å². The van der Waals surface area contributed by atoms with Gasteiger partial charge in [0, 0.05) is 19.2 Å². The fraction of sp³-hybridized carbons (Fsp3) is 0.435. The maximum absolute atomic E-state index is 14.5. The Labute approximate surface area is 184 Å². The Balaban J connectivity index is 1.42. The summed E-state index contributed by atoms with van der Waals surface area (Å²) in [5, 5.41) is 11.6. The first-order valence-electron chi connectivity index (χ1n) is 10.6. The van der Waals surface area contributed by atoms with Gasteiger partial charge in [-0.25, -0.2) is 13.8 Å². The van der Waals surface area contributed by atoms with E-state index < -0.39 is 36.9 Å². The first-order chi connectivity index (χ1) is 15.4. The van der Waals surface area contributed by atoms with Crippen LogP contribution in [0.3, 0.4) is 0 Å². The maximum Gasteiger partial charge on any atom is 0.248 e. The van der Waals surface area contributed by atoms with Crippen molar-refractivity contribution in [2.45, 2.75) is 38.2 Å². The topological polar surface area (TPSA) is 91.8 Å². The summed E-state index contributed by atoms with van der Waals surface area (Å²) in [5.41, 5.74) is 2.49. The first-order valence-corrected chi connectivity index (χ1v) is 10.6. The van der Waals surface area contributed by atoms with Gasteiger partial charge in [0.1, 0.15) is 30.4 Å². The van der Waals surface area contributed by atoms with E-state index in [1.807, 2.05) is 19.1 Å². The minimum absolute atomic E-state index is 0.100. The molecule has 1 saturated carbocycles. The van der Waals surface area contributed by atoms with Gasteiger partial charge in [0.25, 0.3) is 0 Å². The van der Waals surface area contributed by atoms with Gasteiger partial charge in [-0.3, -0.25) is 9.59 Å². The smallest absolute Gasteiger partial charge is 0.248 e. The molecule has 170 valence electrons. The first kappa shape index (κ1) is 22.1. The number of piperidine rings is 1. The molecule has 7 nitrogen and oxygen atoms in total. The van der Waals surface area contributed by atoms with Crippen LogP contribution in [0.5, 0.6) is 5.75 Å². The van der Waals surface area contributed by atoms with Gasteiger partial charge < -0.3 is 20.1 Å². The van der Waals surface area contributed by atoms with Gasteiger partial charge in [-0.2, -0.15) is 0 Å². The summed E-state index contributed by atoms with van der Waals surface area (Å²) in [7, 11) is 0. The van der Waals surface area contributed by atoms with Crippen LogP contribution in [0.2, 0.25) is 0 Å². The van der Waals surface area contributed by atoms with E-state index in [4.69, 9.17) is 9.84 Å². The van der Waals surface area contributed by atoms with Crippen LogP contribution in [0.1, 0.15) is 18.4 Å². The third kappa shape index (κ3) is 4.88. The number of carbonyl (C=O) groups excluding carboxylic acids is 2. The predicted octanol–water partition coefficient (Wildman–Crippen LogP) is 2.66. The van der Waals surface area contributed by atoms with Gasteiger partial charge in [0.05, 0.1) is 12.5 Å². The number of likely N-dealkylation sites (tertiary alicyclic amines) is 1. The molecule has 32 heavy (non-hydrogen) atoms. The summed E-state index contributed by atoms with van der Waals surface area (Å²) in [5.74, 6) is -0.537. The second kappa shape index (κ2) is 9.20. The van der Waals surface area contributed by atoms with Crippen molar-refractivity contribution < 1.29 is 28.2 Å². The molecule has 2 amide bonds. The average Bonchev–Trinajstić information content (AvgIpc) is 3.52. The van der Waals surface area contributed by atoms with E-state index in [2.05, 4.69) is 10.3 Å². The van der Waals surface area contributed by atoms with E-state index >= 15 is 0 Å². The number of amides is 2. The van der Waals surface area contributed by atoms with Gasteiger partial charge >= 0.3 is 0 Å². The zero-order chi connectivity index (χ0) is 22.8. The molecule has 0 radical (unpaired) electrons. The number of aliphatic hydroxyl groups excluding tert-OH is 1. The minimum atomic E-state index is -1.35. The van der Waals surface area contributed by atoms with E-state index in [-0.39, 0.29) is 18.9 Å². The molecule has 2 aromatic rings. The van der Waals surface area contributed by atoms with Crippen LogP contribution < -0.4 is 10.1 Å². The van der Waals surface area contributed by atoms with Crippen molar-refractivity contribution in [3.63, 3.8) is 0 Å². The van der Waals surface area contributed by atoms with E-state index in [1.165, 1.54) is 4.90 Å². The number of aliphatic hydroxyl groups is 1. The van der Waals surface area contributed by atoms with Gasteiger partial charge in [-0.15, -0.1) is 0 Å². The van der Waals surface area contributed by atoms with Crippen LogP contribution in [-0.4, -0.2) is 64.9 Å². The molecular formula is C23H25F2N3O4. The number of rotatable bonds is 6. The van der Waals surface area contributed by atoms with E-state index in [1.54, 1.807) is 24.4 Å². The highest BCUT2D eigenvalue weighted by Crippen LogP contribution is 2.35. The zero-order valence-electron chi connectivity index (χ0n) is 17.6. The van der Waals surface area contributed by atoms with E-state index in [0.29, 0.717) is 24.5 Å². The predicted molar refractivity (Wildman–Crippen MR) is 114 cm³/mol. The summed E-state index contributed by atoms with van der Waals surface area (Å²) in [4.78, 5) is 28.9. The molecule has 0 bridgehead atoms. The molecule has 0 unspecified atom stereocenters. The monoisotopic (exact) mass is 445 g/mol. The zero-order valence-corrected chi connectivity index (χ0v) is 17.6. The fourth-order valence-electron chi connectivity index (χ4n) is 3.80. The lowest BCUT2D eigenvalue weighted by Gasteiger charge is -2.34. The summed E-state index contributed by atoms with van der Waals surface area (Å²) in [6.45, 7) is 1.46. The molecule has 4 rings (SSSR count). The van der Waals surface area contributed by atoms with Crippen molar-refractivity contribution in [3.05, 3.63) is 42.1 Å². The second-order valence-corrected chi connectivity index (χ2v) is 8.22. The summed E-state index contributed by atoms with van der Waals surface area (Å²) >= 11 is 0. The highest BCUT2D eigenvalue weighted by atomic mass is 19.1. The minimum Gasteiger partial charge on any atom is -0.487 e. The van der Waals surface area contributed by atoms with Crippen molar-refractivity contribution in [1.82, 2.24) is 9.88 Å². The lowest BCUT2D eigenvalue weighted by atomic mass is 10.0. The van der Waals surface area contributed by atoms with Gasteiger partial charge in [0.15, 0.2) is 6.17 Å². The van der Waals surface area contributed by atoms with Gasteiger partial charge in [-0.05, 0) is 54.3 Å². The molecule has 2 fully saturated rings. The molecule has 2 N–H and O–H groups in total. The Kier molecular flexibility index (Phi) is 6.36. The van der Waals surface area contributed by atoms with Gasteiger partial charge in [0.2, 0.25) is 11.8 Å². The normalized spacial score (nSPS) is 24.7. The number of ether oxygens (including phenoxy) is 1. The molecular weight excluding hydrogens is 420 g/mol. The summed E-state index contributed by atoms with van der Waals surface area (Å²) in [6.07, 6.45) is -0.934. The number of aryl methyl sites for hydroxylation is 1. The van der Waals surface area contributed by atoms with Crippen molar-refractivity contribution in [1.29, 1.82) is 0 Å². The molecule has 9 heteroatoms. The van der Waals surface area contributed by atoms with Crippen molar-refractivity contribution >= 4 is 17.6 Å². The van der Waals surface area contributed by atoms with Crippen LogP contribution in [0.15, 0.2) is 36.5 Å². The summed E-state index contributed by atoms with van der Waals surface area (Å²) in [6, 6.07) is 9.00. The number of pyridine rings is 1. The quantitative estimate of drug-likeness (QED) is 0.713. The number of carbonyl (C=O) groups is 2. The SMILES string of the molecule is Cc1cc(-c2ccnc(NC(=O)[C@@H]3C[C@@H]3F)c2)ccc1O[C@H]1CCN(C(=O)CO)C[C@H]1F. The Hall–Kier alpha value is -3.07. The van der Waals surface area contributed by atoms with E-state index in [9.17, 15) is 18.4 Å². The Bertz CT molecular complexity index is 1020. The number of halogens is 2. The third-order valence-corrected chi connectivity index (χ3v) is 5.82. The number of alkyl halides is 2. The van der Waals surface area contributed by atoms with Crippen molar-refractivity contribution in [2.75, 3.05) is 25.0 Å². The number of nitrogens with zero attached hydrogens (tertiary/aromatic N) is 2. The summed E-state index contributed by atoms with van der Waals surface area (Å²) < 4.78 is 33.5. The standard InChI is InChI=1S/C23H25F2N3O4/c1-13-8-14(15-4-6-26-21(9-15)27-23(31)16-10-17(16)24)2-3-19(13)32-20-5-7-28(11-18(20)25)22(30)12-29/h2-4,6,8-9,16-18,20,29H,5,7,10-12H2,1H3,(H,26,27,31)/t16-,17+,18-,20+/m1/s1. The maximum atomic E-state index is 14.5. The molecule has 1 aliphatic carbocycles. The molecule has 1 aromatic heterocycles.